The molecule has 4 N–H and O–H groups in total. The van der Waals surface area contributed by atoms with E-state index in [1.807, 2.05) is 0 Å². The van der Waals surface area contributed by atoms with Crippen molar-refractivity contribution < 1.29 is 22.4 Å². The number of rotatable bonds is 6. The van der Waals surface area contributed by atoms with Gasteiger partial charge in [-0.2, -0.15) is 13.2 Å². The number of carbonyl (C=O) groups excluding carboxylic acids is 1. The van der Waals surface area contributed by atoms with Gasteiger partial charge in [-0.05, 0) is 36.2 Å². The van der Waals surface area contributed by atoms with Gasteiger partial charge in [0.05, 0.1) is 16.9 Å². The normalized spacial score (nSPS) is 14.3. The summed E-state index contributed by atoms with van der Waals surface area (Å²) in [7, 11) is 0. The smallest absolute Gasteiger partial charge is 0.360 e. The highest BCUT2D eigenvalue weighted by Crippen LogP contribution is 2.36. The summed E-state index contributed by atoms with van der Waals surface area (Å²) >= 11 is 1.25. The maximum absolute atomic E-state index is 14.8. The molecule has 0 saturated carbocycles. The Hall–Kier alpha value is -2.98. The third-order valence-electron chi connectivity index (χ3n) is 4.92. The highest BCUT2D eigenvalue weighted by molar-refractivity contribution is 7.18. The van der Waals surface area contributed by atoms with Crippen molar-refractivity contribution >= 4 is 28.1 Å². The largest absolute Gasteiger partial charge is 0.416 e. The Morgan fingerprint density at radius 2 is 1.94 bits per heavy atom. The van der Waals surface area contributed by atoms with Gasteiger partial charge in [-0.25, -0.2) is 9.37 Å². The zero-order valence-corrected chi connectivity index (χ0v) is 16.9. The summed E-state index contributed by atoms with van der Waals surface area (Å²) in [6.45, 7) is 0.346. The predicted molar refractivity (Wildman–Crippen MR) is 111 cm³/mol. The number of carbonyl (C=O) groups is 1. The quantitative estimate of drug-likeness (QED) is 0.485. The fraction of sp³-hybridized carbons (Fsp3) is 0.238. The molecule has 0 fully saturated rings. The van der Waals surface area contributed by atoms with E-state index >= 15 is 0 Å². The van der Waals surface area contributed by atoms with Crippen molar-refractivity contribution in [2.75, 3.05) is 17.2 Å². The van der Waals surface area contributed by atoms with E-state index < -0.39 is 17.6 Å². The second-order valence-electron chi connectivity index (χ2n) is 7.25. The number of anilines is 2. The summed E-state index contributed by atoms with van der Waals surface area (Å²) < 4.78 is 52.7. The van der Waals surface area contributed by atoms with Crippen LogP contribution in [0.1, 0.15) is 16.7 Å². The molecule has 0 spiro atoms. The van der Waals surface area contributed by atoms with Crippen LogP contribution in [0.4, 0.5) is 28.4 Å². The molecule has 5 nitrogen and oxygen atoms in total. The monoisotopic (exact) mass is 450 g/mol. The van der Waals surface area contributed by atoms with Crippen LogP contribution in [0.5, 0.6) is 0 Å². The molecular formula is C21H18F4N4OS. The van der Waals surface area contributed by atoms with E-state index in [0.29, 0.717) is 45.4 Å². The summed E-state index contributed by atoms with van der Waals surface area (Å²) in [6, 6.07) is 7.84. The second-order valence-corrected chi connectivity index (χ2v) is 8.28. The fourth-order valence-corrected chi connectivity index (χ4v) is 4.20. The standard InChI is InChI=1S/C21H18F4N4OS/c22-19-14(5-6-16-15(19)8-18(30)29-16)17-10-28-20(31-17)27-9-13(26)7-11-1-3-12(4-2-11)21(23,24)25/h1-6,10,13H,7-9,26H2,(H,27,28)(H,29,30)/t13-/m1/s1. The van der Waals surface area contributed by atoms with Gasteiger partial charge >= 0.3 is 6.18 Å². The molecule has 31 heavy (non-hydrogen) atoms. The Labute approximate surface area is 179 Å². The van der Waals surface area contributed by atoms with E-state index in [0.717, 1.165) is 12.1 Å². The topological polar surface area (TPSA) is 80.0 Å². The molecule has 0 radical (unpaired) electrons. The van der Waals surface area contributed by atoms with Gasteiger partial charge in [0.1, 0.15) is 5.82 Å². The van der Waals surface area contributed by atoms with Crippen molar-refractivity contribution in [3.05, 3.63) is 65.1 Å². The molecular weight excluding hydrogens is 432 g/mol. The number of nitrogens with two attached hydrogens (primary N) is 1. The highest BCUT2D eigenvalue weighted by atomic mass is 32.1. The van der Waals surface area contributed by atoms with Gasteiger partial charge in [0.25, 0.3) is 0 Å². The van der Waals surface area contributed by atoms with Crippen molar-refractivity contribution in [2.24, 2.45) is 5.73 Å². The molecule has 2 aromatic carbocycles. The van der Waals surface area contributed by atoms with Crippen LogP contribution < -0.4 is 16.4 Å². The molecule has 3 aromatic rings. The third-order valence-corrected chi connectivity index (χ3v) is 5.91. The minimum absolute atomic E-state index is 0.0116. The number of thiazole rings is 1. The number of alkyl halides is 3. The average molecular weight is 450 g/mol. The molecule has 162 valence electrons. The molecule has 10 heteroatoms. The lowest BCUT2D eigenvalue weighted by molar-refractivity contribution is -0.137. The van der Waals surface area contributed by atoms with E-state index in [1.165, 1.54) is 23.5 Å². The van der Waals surface area contributed by atoms with Crippen LogP contribution in [-0.4, -0.2) is 23.5 Å². The van der Waals surface area contributed by atoms with Crippen molar-refractivity contribution in [1.29, 1.82) is 0 Å². The number of halogens is 4. The van der Waals surface area contributed by atoms with E-state index in [1.54, 1.807) is 18.3 Å². The molecule has 2 heterocycles. The van der Waals surface area contributed by atoms with Gasteiger partial charge < -0.3 is 16.4 Å². The molecule has 0 bridgehead atoms. The van der Waals surface area contributed by atoms with Crippen LogP contribution in [0.3, 0.4) is 0 Å². The van der Waals surface area contributed by atoms with Gasteiger partial charge in [-0.1, -0.05) is 23.5 Å². The Morgan fingerprint density at radius 1 is 1.19 bits per heavy atom. The molecule has 1 aliphatic rings. The zero-order valence-electron chi connectivity index (χ0n) is 16.1. The first kappa shape index (κ1) is 21.3. The molecule has 0 saturated heterocycles. The number of nitrogens with one attached hydrogen (secondary N) is 2. The third kappa shape index (κ3) is 4.70. The van der Waals surface area contributed by atoms with Gasteiger partial charge in [0, 0.05) is 35.6 Å². The van der Waals surface area contributed by atoms with Crippen molar-refractivity contribution in [2.45, 2.75) is 25.1 Å². The Balaban J connectivity index is 1.37. The maximum atomic E-state index is 14.8. The molecule has 4 rings (SSSR count). The Kier molecular flexibility index (Phi) is 5.67. The van der Waals surface area contributed by atoms with Gasteiger partial charge in [-0.15, -0.1) is 0 Å². The molecule has 1 amide bonds. The number of hydrogen-bond acceptors (Lipinski definition) is 5. The minimum atomic E-state index is -4.37. The number of nitrogens with zero attached hydrogens (tertiary/aromatic N) is 1. The average Bonchev–Trinajstić information content (AvgIpc) is 3.33. The number of fused-ring (bicyclic) bond motifs is 1. The van der Waals surface area contributed by atoms with E-state index in [2.05, 4.69) is 15.6 Å². The van der Waals surface area contributed by atoms with Crippen LogP contribution in [0.15, 0.2) is 42.6 Å². The van der Waals surface area contributed by atoms with Gasteiger partial charge in [-0.3, -0.25) is 4.79 Å². The minimum Gasteiger partial charge on any atom is -0.360 e. The van der Waals surface area contributed by atoms with Crippen LogP contribution >= 0.6 is 11.3 Å². The highest BCUT2D eigenvalue weighted by Gasteiger charge is 2.30. The number of benzene rings is 2. The second kappa shape index (κ2) is 8.27. The van der Waals surface area contributed by atoms with E-state index in [4.69, 9.17) is 5.73 Å². The van der Waals surface area contributed by atoms with Crippen LogP contribution in [0, 0.1) is 5.82 Å². The summed E-state index contributed by atoms with van der Waals surface area (Å²) in [5, 5.41) is 6.24. The van der Waals surface area contributed by atoms with E-state index in [9.17, 15) is 22.4 Å². The molecule has 1 atom stereocenters. The Morgan fingerprint density at radius 3 is 2.65 bits per heavy atom. The van der Waals surface area contributed by atoms with Crippen LogP contribution in [0.25, 0.3) is 10.4 Å². The summed E-state index contributed by atoms with van der Waals surface area (Å²) in [5.41, 5.74) is 7.30. The first-order chi connectivity index (χ1) is 14.7. The zero-order chi connectivity index (χ0) is 22.2. The molecule has 0 aliphatic carbocycles. The number of aromatic nitrogens is 1. The number of amides is 1. The summed E-state index contributed by atoms with van der Waals surface area (Å²) in [5.74, 6) is -0.676. The fourth-order valence-electron chi connectivity index (χ4n) is 3.36. The lowest BCUT2D eigenvalue weighted by Crippen LogP contribution is -2.31. The van der Waals surface area contributed by atoms with Crippen molar-refractivity contribution in [3.8, 4) is 10.4 Å². The molecule has 1 aromatic heterocycles. The van der Waals surface area contributed by atoms with Gasteiger partial charge in [0.2, 0.25) is 5.91 Å². The first-order valence-electron chi connectivity index (χ1n) is 9.43. The molecule has 0 unspecified atom stereocenters. The Bertz CT molecular complexity index is 1110. The summed E-state index contributed by atoms with van der Waals surface area (Å²) in [4.78, 5) is 16.3. The SMILES string of the molecule is N[C@@H](CNc1ncc(-c2ccc3c(c2F)CC(=O)N3)s1)Cc1ccc(C(F)(F)F)cc1. The maximum Gasteiger partial charge on any atom is 0.416 e. The van der Waals surface area contributed by atoms with Crippen LogP contribution in [0.2, 0.25) is 0 Å². The molecule has 1 aliphatic heterocycles. The first-order valence-corrected chi connectivity index (χ1v) is 10.3. The lowest BCUT2D eigenvalue weighted by Gasteiger charge is -2.13. The van der Waals surface area contributed by atoms with E-state index in [-0.39, 0.29) is 18.4 Å². The lowest BCUT2D eigenvalue weighted by atomic mass is 10.0. The summed E-state index contributed by atoms with van der Waals surface area (Å²) in [6.07, 6.45) is -2.42. The number of hydrogen-bond donors (Lipinski definition) is 3. The van der Waals surface area contributed by atoms with Crippen molar-refractivity contribution in [3.63, 3.8) is 0 Å². The van der Waals surface area contributed by atoms with Crippen LogP contribution in [-0.2, 0) is 23.8 Å². The predicted octanol–water partition coefficient (Wildman–Crippen LogP) is 4.44. The van der Waals surface area contributed by atoms with Gasteiger partial charge in [0.15, 0.2) is 5.13 Å². The van der Waals surface area contributed by atoms with Crippen molar-refractivity contribution in [1.82, 2.24) is 4.98 Å².